The fourth-order valence-corrected chi connectivity index (χ4v) is 12.5. The van der Waals surface area contributed by atoms with E-state index >= 15 is 0 Å². The first-order chi connectivity index (χ1) is 29.1. The Bertz CT molecular complexity index is 3310. The van der Waals surface area contributed by atoms with E-state index in [0.717, 1.165) is 0 Å². The van der Waals surface area contributed by atoms with Crippen molar-refractivity contribution < 1.29 is 0 Å². The van der Waals surface area contributed by atoms with Gasteiger partial charge >= 0.3 is 0 Å². The normalized spacial score (nSPS) is 19.2. The van der Waals surface area contributed by atoms with Crippen molar-refractivity contribution in [3.8, 4) is 33.4 Å². The van der Waals surface area contributed by atoms with Crippen LogP contribution in [0.15, 0.2) is 176 Å². The molecule has 0 amide bonds. The fourth-order valence-electron chi connectivity index (χ4n) is 12.5. The Morgan fingerprint density at radius 1 is 0.475 bits per heavy atom. The maximum absolute atomic E-state index is 2.69. The van der Waals surface area contributed by atoms with Crippen LogP contribution < -0.4 is 4.90 Å². The maximum Gasteiger partial charge on any atom is 0.0495 e. The van der Waals surface area contributed by atoms with Gasteiger partial charge in [-0.15, -0.1) is 0 Å². The quantitative estimate of drug-likeness (QED) is 0.173. The maximum atomic E-state index is 2.69. The first-order valence-corrected chi connectivity index (χ1v) is 21.5. The lowest BCUT2D eigenvalue weighted by molar-refractivity contribution is 0.223. The molecule has 1 nitrogen and oxygen atoms in total. The Labute approximate surface area is 344 Å². The van der Waals surface area contributed by atoms with Crippen molar-refractivity contribution in [3.63, 3.8) is 0 Å². The molecule has 0 radical (unpaired) electrons. The number of hydrogen-bond acceptors (Lipinski definition) is 1. The van der Waals surface area contributed by atoms with Crippen molar-refractivity contribution >= 4 is 76.0 Å². The number of rotatable bonds is 4. The highest BCUT2D eigenvalue weighted by Gasteiger charge is 2.52. The van der Waals surface area contributed by atoms with Crippen LogP contribution in [0.4, 0.5) is 11.4 Å². The minimum atomic E-state index is 0.0503. The van der Waals surface area contributed by atoms with Crippen LogP contribution in [0, 0.1) is 5.92 Å². The zero-order chi connectivity index (χ0) is 39.0. The van der Waals surface area contributed by atoms with Crippen LogP contribution in [0.1, 0.15) is 44.6 Å². The average molecular weight is 754 g/mol. The second-order valence-corrected chi connectivity index (χ2v) is 17.7. The van der Waals surface area contributed by atoms with Crippen LogP contribution in [-0.2, 0) is 0 Å². The molecular formula is C58H43N. The molecule has 1 heterocycles. The molecule has 2 aliphatic rings. The van der Waals surface area contributed by atoms with Crippen molar-refractivity contribution in [2.24, 2.45) is 5.92 Å². The van der Waals surface area contributed by atoms with Crippen molar-refractivity contribution in [2.45, 2.75) is 44.6 Å². The zero-order valence-corrected chi connectivity index (χ0v) is 33.5. The summed E-state index contributed by atoms with van der Waals surface area (Å²) in [4.78, 5) is 2.69. The first kappa shape index (κ1) is 33.3. The minimum absolute atomic E-state index is 0.0503. The van der Waals surface area contributed by atoms with E-state index in [0.29, 0.717) is 11.8 Å². The van der Waals surface area contributed by atoms with Crippen molar-refractivity contribution in [3.05, 3.63) is 181 Å². The molecular weight excluding hydrogens is 711 g/mol. The molecule has 0 saturated heterocycles. The predicted octanol–water partition coefficient (Wildman–Crippen LogP) is 16.3. The number of hydrogen-bond donors (Lipinski definition) is 0. The Balaban J connectivity index is 1.15. The number of benzene rings is 9. The first-order valence-electron chi connectivity index (χ1n) is 21.5. The monoisotopic (exact) mass is 753 g/mol. The molecule has 1 aliphatic heterocycles. The standard InChI is InChI=1S/C58H43N/c1-35-16-15-33-58(2)57(35)47-34-39(29-32-48(47)59(58)40-23-10-5-11-24-40)41-30-31-46-52-42(41)25-14-28-45(52)55-50(37-17-6-3-7-18-37)53-43-26-12-21-36-22-13-27-44(49(36)43)54(53)51(56(46)55)38-19-8-4-9-20-38/h3-14,17-32,34-35,57H,15-16,33H2,1-2H3/t35?,57-,58?/m0/s1. The lowest BCUT2D eigenvalue weighted by Crippen LogP contribution is -2.47. The molecule has 0 spiro atoms. The van der Waals surface area contributed by atoms with E-state index < -0.39 is 0 Å². The van der Waals surface area contributed by atoms with Gasteiger partial charge in [-0.05, 0) is 154 Å². The van der Waals surface area contributed by atoms with Gasteiger partial charge in [0.15, 0.2) is 0 Å². The Morgan fingerprint density at radius 2 is 1.02 bits per heavy atom. The fraction of sp³-hybridized carbons (Fsp3) is 0.138. The summed E-state index contributed by atoms with van der Waals surface area (Å²) in [7, 11) is 0. The summed E-state index contributed by atoms with van der Waals surface area (Å²) in [6, 6.07) is 66.7. The number of fused-ring (bicyclic) bond motifs is 9. The highest BCUT2D eigenvalue weighted by molar-refractivity contribution is 6.46. The van der Waals surface area contributed by atoms with Crippen molar-refractivity contribution in [1.82, 2.24) is 0 Å². The van der Waals surface area contributed by atoms with E-state index in [1.165, 1.54) is 134 Å². The molecule has 11 aromatic carbocycles. The Kier molecular flexibility index (Phi) is 6.86. The lowest BCUT2D eigenvalue weighted by atomic mass is 9.67. The summed E-state index contributed by atoms with van der Waals surface area (Å²) in [5.41, 5.74) is 12.1. The van der Waals surface area contributed by atoms with Gasteiger partial charge in [-0.25, -0.2) is 0 Å². The van der Waals surface area contributed by atoms with Crippen LogP contribution >= 0.6 is 0 Å². The summed E-state index contributed by atoms with van der Waals surface area (Å²) in [6.07, 6.45) is 3.76. The van der Waals surface area contributed by atoms with Gasteiger partial charge in [-0.2, -0.15) is 0 Å². The molecule has 1 saturated carbocycles. The highest BCUT2D eigenvalue weighted by atomic mass is 15.2. The van der Waals surface area contributed by atoms with E-state index in [-0.39, 0.29) is 5.54 Å². The van der Waals surface area contributed by atoms with Gasteiger partial charge in [-0.1, -0.05) is 165 Å². The second-order valence-electron chi connectivity index (χ2n) is 17.7. The van der Waals surface area contributed by atoms with E-state index in [1.807, 2.05) is 0 Å². The molecule has 2 unspecified atom stereocenters. The molecule has 280 valence electrons. The molecule has 3 atom stereocenters. The molecule has 59 heavy (non-hydrogen) atoms. The van der Waals surface area contributed by atoms with Gasteiger partial charge < -0.3 is 4.90 Å². The van der Waals surface area contributed by atoms with Gasteiger partial charge in [0.2, 0.25) is 0 Å². The average Bonchev–Trinajstić information content (AvgIpc) is 3.89. The molecule has 1 fully saturated rings. The molecule has 0 N–H and O–H groups in total. The number of anilines is 2. The predicted molar refractivity (Wildman–Crippen MR) is 253 cm³/mol. The van der Waals surface area contributed by atoms with Gasteiger partial charge in [0.25, 0.3) is 0 Å². The van der Waals surface area contributed by atoms with Crippen molar-refractivity contribution in [1.29, 1.82) is 0 Å². The largest absolute Gasteiger partial charge is 0.335 e. The van der Waals surface area contributed by atoms with Gasteiger partial charge in [-0.3, -0.25) is 0 Å². The molecule has 0 bridgehead atoms. The van der Waals surface area contributed by atoms with Gasteiger partial charge in [0.05, 0.1) is 0 Å². The number of nitrogens with zero attached hydrogens (tertiary/aromatic N) is 1. The van der Waals surface area contributed by atoms with Crippen LogP contribution in [0.25, 0.3) is 98.0 Å². The zero-order valence-electron chi connectivity index (χ0n) is 33.5. The van der Waals surface area contributed by atoms with Crippen LogP contribution in [0.2, 0.25) is 0 Å². The molecule has 13 rings (SSSR count). The van der Waals surface area contributed by atoms with E-state index in [9.17, 15) is 0 Å². The Morgan fingerprint density at radius 3 is 1.64 bits per heavy atom. The van der Waals surface area contributed by atoms with E-state index in [2.05, 4.69) is 195 Å². The van der Waals surface area contributed by atoms with Crippen molar-refractivity contribution in [2.75, 3.05) is 4.90 Å². The third-order valence-electron chi connectivity index (χ3n) is 14.7. The highest BCUT2D eigenvalue weighted by Crippen LogP contribution is 2.60. The Hall–Kier alpha value is -6.70. The van der Waals surface area contributed by atoms with Crippen LogP contribution in [-0.4, -0.2) is 5.54 Å². The third-order valence-corrected chi connectivity index (χ3v) is 14.7. The second kappa shape index (κ2) is 12.2. The van der Waals surface area contributed by atoms with Crippen LogP contribution in [0.5, 0.6) is 0 Å². The summed E-state index contributed by atoms with van der Waals surface area (Å²) in [5, 5.41) is 16.1. The topological polar surface area (TPSA) is 3.24 Å². The molecule has 11 aromatic rings. The summed E-state index contributed by atoms with van der Waals surface area (Å²) >= 11 is 0. The van der Waals surface area contributed by atoms with Gasteiger partial charge in [0.1, 0.15) is 0 Å². The van der Waals surface area contributed by atoms with Gasteiger partial charge in [0, 0.05) is 22.8 Å². The third kappa shape index (κ3) is 4.40. The summed E-state index contributed by atoms with van der Waals surface area (Å²) in [6.45, 7) is 5.02. The van der Waals surface area contributed by atoms with E-state index in [4.69, 9.17) is 0 Å². The molecule has 0 aromatic heterocycles. The number of para-hydroxylation sites is 1. The SMILES string of the molecule is CC1CCCC2(C)[C@@H]1c1cc(-c3ccc4c5c(-c6ccccc6)c6c7cccc8cccc(c6c(-c6ccccc6)c5c5cccc3c54)c87)ccc1N2c1ccccc1. The lowest BCUT2D eigenvalue weighted by Gasteiger charge is -2.46. The molecule has 1 aliphatic carbocycles. The minimum Gasteiger partial charge on any atom is -0.335 e. The van der Waals surface area contributed by atoms with E-state index in [1.54, 1.807) is 0 Å². The molecule has 1 heteroatoms. The van der Waals surface area contributed by atoms with Crippen LogP contribution in [0.3, 0.4) is 0 Å². The smallest absolute Gasteiger partial charge is 0.0495 e. The summed E-state index contributed by atoms with van der Waals surface area (Å²) in [5.74, 6) is 1.09. The summed E-state index contributed by atoms with van der Waals surface area (Å²) < 4.78 is 0.